The van der Waals surface area contributed by atoms with Crippen LogP contribution >= 0.6 is 0 Å². The van der Waals surface area contributed by atoms with Gasteiger partial charge in [-0.25, -0.2) is 22.5 Å². The van der Waals surface area contributed by atoms with Crippen molar-refractivity contribution in [3.63, 3.8) is 0 Å². The number of halogens is 1. The Kier molecular flexibility index (Phi) is 5.91. The molecule has 3 amide bonds. The van der Waals surface area contributed by atoms with Crippen molar-refractivity contribution < 1.29 is 22.4 Å². The van der Waals surface area contributed by atoms with E-state index in [1.165, 1.54) is 21.3 Å². The van der Waals surface area contributed by atoms with Crippen LogP contribution in [0.25, 0.3) is 0 Å². The smallest absolute Gasteiger partial charge is 0.319 e. The van der Waals surface area contributed by atoms with Crippen molar-refractivity contribution in [2.45, 2.75) is 36.1 Å². The van der Waals surface area contributed by atoms with Crippen molar-refractivity contribution in [1.29, 1.82) is 0 Å². The number of benzene rings is 2. The Morgan fingerprint density at radius 2 is 1.71 bits per heavy atom. The van der Waals surface area contributed by atoms with Crippen molar-refractivity contribution in [3.8, 4) is 0 Å². The fraction of sp³-hybridized carbons (Fsp3) is 0.417. The van der Waals surface area contributed by atoms with Gasteiger partial charge in [0, 0.05) is 26.2 Å². The topological polar surface area (TPSA) is 90.0 Å². The molecule has 0 radical (unpaired) electrons. The number of carbonyl (C=O) groups is 2. The molecule has 2 fully saturated rings. The molecule has 2 heterocycles. The molecule has 10 heteroatoms. The highest BCUT2D eigenvalue weighted by Crippen LogP contribution is 2.40. The van der Waals surface area contributed by atoms with Crippen molar-refractivity contribution in [2.75, 3.05) is 32.8 Å². The first-order chi connectivity index (χ1) is 16.3. The molecule has 1 N–H and O–H groups in total. The lowest BCUT2D eigenvalue weighted by Crippen LogP contribution is -2.47. The Morgan fingerprint density at radius 1 is 0.941 bits per heavy atom. The number of nitrogens with zero attached hydrogens (tertiary/aromatic N) is 3. The van der Waals surface area contributed by atoms with Crippen molar-refractivity contribution >= 4 is 22.0 Å². The highest BCUT2D eigenvalue weighted by Gasteiger charge is 2.54. The zero-order valence-corrected chi connectivity index (χ0v) is 19.6. The van der Waals surface area contributed by atoms with E-state index in [1.54, 1.807) is 0 Å². The monoisotopic (exact) mass is 486 g/mol. The highest BCUT2D eigenvalue weighted by molar-refractivity contribution is 7.89. The van der Waals surface area contributed by atoms with E-state index in [2.05, 4.69) is 5.32 Å². The molecule has 2 aromatic carbocycles. The Bertz CT molecular complexity index is 1220. The average Bonchev–Trinajstić information content (AvgIpc) is 2.99. The van der Waals surface area contributed by atoms with Crippen molar-refractivity contribution in [2.24, 2.45) is 0 Å². The third kappa shape index (κ3) is 3.89. The Hall–Kier alpha value is -2.82. The number of hydrogen-bond donors (Lipinski definition) is 1. The van der Waals surface area contributed by atoms with E-state index < -0.39 is 27.4 Å². The SMILES string of the molecule is O=C1N[C@]2(CCCc3ccccc32)C(=O)N1CN1CCCN(S(=O)(=O)c2ccc(F)cc2)CC1. The van der Waals surface area contributed by atoms with Gasteiger partial charge in [0.25, 0.3) is 5.91 Å². The number of aryl methyl sites for hydroxylation is 1. The van der Waals surface area contributed by atoms with E-state index in [1.807, 2.05) is 29.2 Å². The summed E-state index contributed by atoms with van der Waals surface area (Å²) in [5.41, 5.74) is 0.936. The summed E-state index contributed by atoms with van der Waals surface area (Å²) >= 11 is 0. The van der Waals surface area contributed by atoms with Crippen LogP contribution in [0.4, 0.5) is 9.18 Å². The van der Waals surface area contributed by atoms with Gasteiger partial charge in [-0.1, -0.05) is 24.3 Å². The fourth-order valence-corrected chi connectivity index (χ4v) is 6.69. The third-order valence-electron chi connectivity index (χ3n) is 6.99. The van der Waals surface area contributed by atoms with E-state index in [0.717, 1.165) is 36.1 Å². The maximum Gasteiger partial charge on any atom is 0.326 e. The van der Waals surface area contributed by atoms with Crippen molar-refractivity contribution in [3.05, 3.63) is 65.5 Å². The molecule has 2 aliphatic heterocycles. The predicted molar refractivity (Wildman–Crippen MR) is 123 cm³/mol. The van der Waals surface area contributed by atoms with Crippen LogP contribution in [0.5, 0.6) is 0 Å². The number of urea groups is 1. The minimum Gasteiger partial charge on any atom is -0.319 e. The second kappa shape index (κ2) is 8.75. The molecule has 3 aliphatic rings. The number of carbonyl (C=O) groups excluding carboxylic acids is 2. The Labute approximate surface area is 198 Å². The second-order valence-corrected chi connectivity index (χ2v) is 11.0. The summed E-state index contributed by atoms with van der Waals surface area (Å²) in [6, 6.07) is 12.1. The number of rotatable bonds is 4. The summed E-state index contributed by atoms with van der Waals surface area (Å²) in [7, 11) is -3.75. The van der Waals surface area contributed by atoms with Gasteiger partial charge in [0.1, 0.15) is 11.4 Å². The van der Waals surface area contributed by atoms with Gasteiger partial charge in [-0.15, -0.1) is 0 Å². The molecule has 0 bridgehead atoms. The van der Waals surface area contributed by atoms with Gasteiger partial charge in [-0.3, -0.25) is 9.69 Å². The summed E-state index contributed by atoms with van der Waals surface area (Å²) < 4.78 is 40.6. The number of amides is 3. The normalized spacial score (nSPS) is 24.2. The predicted octanol–water partition coefficient (Wildman–Crippen LogP) is 2.26. The van der Waals surface area contributed by atoms with Crippen LogP contribution in [0.3, 0.4) is 0 Å². The molecule has 1 atom stereocenters. The summed E-state index contributed by atoms with van der Waals surface area (Å²) in [4.78, 5) is 29.7. The van der Waals surface area contributed by atoms with E-state index in [-0.39, 0.29) is 24.0 Å². The lowest BCUT2D eigenvalue weighted by molar-refractivity contribution is -0.133. The lowest BCUT2D eigenvalue weighted by atomic mass is 9.76. The average molecular weight is 487 g/mol. The first-order valence-corrected chi connectivity index (χ1v) is 13.0. The molecule has 0 saturated carbocycles. The van der Waals surface area contributed by atoms with Crippen LogP contribution in [0.1, 0.15) is 30.4 Å². The molecular weight excluding hydrogens is 459 g/mol. The van der Waals surface area contributed by atoms with Crippen LogP contribution < -0.4 is 5.32 Å². The quantitative estimate of drug-likeness (QED) is 0.670. The van der Waals surface area contributed by atoms with Crippen LogP contribution in [0, 0.1) is 5.82 Å². The van der Waals surface area contributed by atoms with Gasteiger partial charge in [0.15, 0.2) is 0 Å². The molecule has 0 aromatic heterocycles. The summed E-state index contributed by atoms with van der Waals surface area (Å²) in [6.45, 7) is 1.57. The van der Waals surface area contributed by atoms with Gasteiger partial charge in [-0.05, 0) is 61.1 Å². The zero-order valence-electron chi connectivity index (χ0n) is 18.7. The van der Waals surface area contributed by atoms with Gasteiger partial charge >= 0.3 is 6.03 Å². The standard InChI is InChI=1S/C24H27FN4O4S/c25-19-8-10-20(11-9-19)34(32,33)28-14-4-13-27(15-16-28)17-29-22(30)24(26-23(29)31)12-3-6-18-5-1-2-7-21(18)24/h1-2,5,7-11H,3-4,6,12-17H2,(H,26,31)/t24-/m0/s1. The molecule has 1 aliphatic carbocycles. The zero-order chi connectivity index (χ0) is 23.9. The Balaban J connectivity index is 1.29. The van der Waals surface area contributed by atoms with E-state index in [4.69, 9.17) is 0 Å². The highest BCUT2D eigenvalue weighted by atomic mass is 32.2. The number of hydrogen-bond acceptors (Lipinski definition) is 5. The largest absolute Gasteiger partial charge is 0.326 e. The molecule has 0 unspecified atom stereocenters. The second-order valence-electron chi connectivity index (χ2n) is 9.05. The first kappa shape index (κ1) is 22.9. The van der Waals surface area contributed by atoms with Gasteiger partial charge in [-0.2, -0.15) is 4.31 Å². The number of fused-ring (bicyclic) bond motifs is 2. The number of sulfonamides is 1. The first-order valence-electron chi connectivity index (χ1n) is 11.5. The molecule has 34 heavy (non-hydrogen) atoms. The van der Waals surface area contributed by atoms with Crippen LogP contribution in [0.2, 0.25) is 0 Å². The van der Waals surface area contributed by atoms with Gasteiger partial charge < -0.3 is 5.32 Å². The van der Waals surface area contributed by atoms with E-state index in [0.29, 0.717) is 32.5 Å². The molecule has 5 rings (SSSR count). The molecule has 2 saturated heterocycles. The summed E-state index contributed by atoms with van der Waals surface area (Å²) in [6.07, 6.45) is 2.81. The molecular formula is C24H27FN4O4S. The molecule has 8 nitrogen and oxygen atoms in total. The maximum atomic E-state index is 13.5. The Morgan fingerprint density at radius 3 is 2.50 bits per heavy atom. The lowest BCUT2D eigenvalue weighted by Gasteiger charge is -2.33. The maximum absolute atomic E-state index is 13.5. The van der Waals surface area contributed by atoms with Crippen molar-refractivity contribution in [1.82, 2.24) is 19.4 Å². The molecule has 1 spiro atoms. The van der Waals surface area contributed by atoms with Gasteiger partial charge in [0.05, 0.1) is 11.6 Å². The fourth-order valence-electron chi connectivity index (χ4n) is 5.22. The third-order valence-corrected chi connectivity index (χ3v) is 8.90. The number of imide groups is 1. The molecule has 2 aromatic rings. The van der Waals surface area contributed by atoms with Crippen LogP contribution in [0.15, 0.2) is 53.4 Å². The number of nitrogens with one attached hydrogen (secondary N) is 1. The minimum atomic E-state index is -3.75. The molecule has 180 valence electrons. The van der Waals surface area contributed by atoms with E-state index >= 15 is 0 Å². The summed E-state index contributed by atoms with van der Waals surface area (Å²) in [5.74, 6) is -0.738. The van der Waals surface area contributed by atoms with Crippen LogP contribution in [-0.4, -0.2) is 67.3 Å². The summed E-state index contributed by atoms with van der Waals surface area (Å²) in [5, 5.41) is 2.96. The van der Waals surface area contributed by atoms with Crippen LogP contribution in [-0.2, 0) is 26.8 Å². The van der Waals surface area contributed by atoms with Gasteiger partial charge in [0.2, 0.25) is 10.0 Å². The minimum absolute atomic E-state index is 0.0503. The van der Waals surface area contributed by atoms with E-state index in [9.17, 15) is 22.4 Å².